The van der Waals surface area contributed by atoms with Crippen LogP contribution in [0.2, 0.25) is 0 Å². The molecule has 1 heterocycles. The Labute approximate surface area is 77.8 Å². The maximum absolute atomic E-state index is 11.3. The van der Waals surface area contributed by atoms with Gasteiger partial charge in [0.05, 0.1) is 0 Å². The lowest BCUT2D eigenvalue weighted by Gasteiger charge is -2.02. The summed E-state index contributed by atoms with van der Waals surface area (Å²) in [5, 5.41) is 0. The predicted molar refractivity (Wildman–Crippen MR) is 49.9 cm³/mol. The van der Waals surface area contributed by atoms with Crippen LogP contribution in [0, 0.1) is 13.8 Å². The SMILES string of the molecule is COCC(=O)c1ccc(C)c(C)n1. The van der Waals surface area contributed by atoms with E-state index in [0.717, 1.165) is 11.3 Å². The van der Waals surface area contributed by atoms with Crippen molar-refractivity contribution in [1.29, 1.82) is 0 Å². The van der Waals surface area contributed by atoms with Crippen LogP contribution >= 0.6 is 0 Å². The summed E-state index contributed by atoms with van der Waals surface area (Å²) in [5.41, 5.74) is 2.46. The smallest absolute Gasteiger partial charge is 0.206 e. The normalized spacial score (nSPS) is 10.1. The maximum Gasteiger partial charge on any atom is 0.206 e. The molecule has 0 saturated heterocycles. The Morgan fingerprint density at radius 2 is 2.15 bits per heavy atom. The quantitative estimate of drug-likeness (QED) is 0.660. The highest BCUT2D eigenvalue weighted by atomic mass is 16.5. The van der Waals surface area contributed by atoms with E-state index < -0.39 is 0 Å². The first kappa shape index (κ1) is 9.86. The van der Waals surface area contributed by atoms with E-state index >= 15 is 0 Å². The number of Topliss-reactive ketones (excluding diaryl/α,β-unsaturated/α-hetero) is 1. The zero-order valence-corrected chi connectivity index (χ0v) is 8.13. The molecular weight excluding hydrogens is 166 g/mol. The molecule has 70 valence electrons. The highest BCUT2D eigenvalue weighted by Crippen LogP contribution is 2.05. The first-order valence-electron chi connectivity index (χ1n) is 4.11. The van der Waals surface area contributed by atoms with E-state index in [1.54, 1.807) is 6.07 Å². The molecule has 0 aromatic carbocycles. The lowest BCUT2D eigenvalue weighted by Crippen LogP contribution is -2.09. The molecule has 0 aliphatic carbocycles. The molecule has 3 heteroatoms. The van der Waals surface area contributed by atoms with Crippen molar-refractivity contribution < 1.29 is 9.53 Å². The molecule has 1 rings (SSSR count). The molecule has 0 unspecified atom stereocenters. The molecule has 0 aliphatic rings. The molecule has 1 aromatic heterocycles. The molecular formula is C10H13NO2. The van der Waals surface area contributed by atoms with Crippen LogP contribution in [0.15, 0.2) is 12.1 Å². The summed E-state index contributed by atoms with van der Waals surface area (Å²) < 4.78 is 4.74. The van der Waals surface area contributed by atoms with Gasteiger partial charge in [0.2, 0.25) is 5.78 Å². The molecule has 0 saturated carbocycles. The minimum absolute atomic E-state index is 0.0781. The number of carbonyl (C=O) groups excluding carboxylic acids is 1. The Balaban J connectivity index is 2.90. The van der Waals surface area contributed by atoms with E-state index in [1.165, 1.54) is 7.11 Å². The first-order chi connectivity index (χ1) is 6.15. The summed E-state index contributed by atoms with van der Waals surface area (Å²) in [6.45, 7) is 3.95. The van der Waals surface area contributed by atoms with Gasteiger partial charge in [0, 0.05) is 12.8 Å². The fourth-order valence-electron chi connectivity index (χ4n) is 0.991. The van der Waals surface area contributed by atoms with Crippen LogP contribution in [-0.4, -0.2) is 24.5 Å². The topological polar surface area (TPSA) is 39.2 Å². The fourth-order valence-corrected chi connectivity index (χ4v) is 0.991. The lowest BCUT2D eigenvalue weighted by molar-refractivity contribution is 0.0842. The summed E-state index contributed by atoms with van der Waals surface area (Å²) in [7, 11) is 1.50. The van der Waals surface area contributed by atoms with Gasteiger partial charge in [-0.1, -0.05) is 6.07 Å². The van der Waals surface area contributed by atoms with E-state index in [-0.39, 0.29) is 12.4 Å². The first-order valence-corrected chi connectivity index (χ1v) is 4.11. The van der Waals surface area contributed by atoms with Crippen molar-refractivity contribution in [3.8, 4) is 0 Å². The van der Waals surface area contributed by atoms with Gasteiger partial charge >= 0.3 is 0 Å². The van der Waals surface area contributed by atoms with E-state index in [9.17, 15) is 4.79 Å². The van der Waals surface area contributed by atoms with Gasteiger partial charge < -0.3 is 4.74 Å². The Hall–Kier alpha value is -1.22. The van der Waals surface area contributed by atoms with E-state index in [0.29, 0.717) is 5.69 Å². The molecule has 0 fully saturated rings. The third-order valence-electron chi connectivity index (χ3n) is 1.91. The summed E-state index contributed by atoms with van der Waals surface area (Å²) in [5.74, 6) is -0.0781. The molecule has 0 radical (unpaired) electrons. The number of hydrogen-bond acceptors (Lipinski definition) is 3. The van der Waals surface area contributed by atoms with Gasteiger partial charge in [-0.05, 0) is 25.5 Å². The molecule has 0 atom stereocenters. The van der Waals surface area contributed by atoms with Crippen molar-refractivity contribution in [1.82, 2.24) is 4.98 Å². The number of aromatic nitrogens is 1. The maximum atomic E-state index is 11.3. The lowest BCUT2D eigenvalue weighted by atomic mass is 10.2. The Bertz CT molecular complexity index is 321. The molecule has 3 nitrogen and oxygen atoms in total. The molecule has 0 N–H and O–H groups in total. The number of hydrogen-bond donors (Lipinski definition) is 0. The molecule has 0 amide bonds. The number of nitrogens with zero attached hydrogens (tertiary/aromatic N) is 1. The number of rotatable bonds is 3. The van der Waals surface area contributed by atoms with Gasteiger partial charge in [0.1, 0.15) is 12.3 Å². The van der Waals surface area contributed by atoms with Crippen LogP contribution < -0.4 is 0 Å². The van der Waals surface area contributed by atoms with Crippen molar-refractivity contribution in [2.75, 3.05) is 13.7 Å². The number of methoxy groups -OCH3 is 1. The minimum Gasteiger partial charge on any atom is -0.376 e. The number of ketones is 1. The van der Waals surface area contributed by atoms with Crippen molar-refractivity contribution in [2.45, 2.75) is 13.8 Å². The van der Waals surface area contributed by atoms with Gasteiger partial charge in [-0.25, -0.2) is 4.98 Å². The van der Waals surface area contributed by atoms with Gasteiger partial charge in [-0.15, -0.1) is 0 Å². The average Bonchev–Trinajstić information content (AvgIpc) is 2.10. The zero-order valence-electron chi connectivity index (χ0n) is 8.13. The van der Waals surface area contributed by atoms with Crippen LogP contribution in [0.3, 0.4) is 0 Å². The molecule has 0 aliphatic heterocycles. The summed E-state index contributed by atoms with van der Waals surface area (Å²) in [4.78, 5) is 15.5. The molecule has 1 aromatic rings. The minimum atomic E-state index is -0.0781. The van der Waals surface area contributed by atoms with Crippen molar-refractivity contribution in [3.63, 3.8) is 0 Å². The van der Waals surface area contributed by atoms with E-state index in [2.05, 4.69) is 4.98 Å². The Kier molecular flexibility index (Phi) is 3.14. The fraction of sp³-hybridized carbons (Fsp3) is 0.400. The predicted octanol–water partition coefficient (Wildman–Crippen LogP) is 1.53. The molecule has 0 spiro atoms. The zero-order chi connectivity index (χ0) is 9.84. The van der Waals surface area contributed by atoms with Crippen molar-refractivity contribution in [3.05, 3.63) is 29.1 Å². The summed E-state index contributed by atoms with van der Waals surface area (Å²) in [6, 6.07) is 3.62. The number of aryl methyl sites for hydroxylation is 2. The van der Waals surface area contributed by atoms with Crippen LogP contribution in [0.5, 0.6) is 0 Å². The highest BCUT2D eigenvalue weighted by molar-refractivity contribution is 5.95. The third kappa shape index (κ3) is 2.36. The number of ether oxygens (including phenoxy) is 1. The van der Waals surface area contributed by atoms with Crippen LogP contribution in [0.1, 0.15) is 21.7 Å². The van der Waals surface area contributed by atoms with Crippen LogP contribution in [0.25, 0.3) is 0 Å². The monoisotopic (exact) mass is 179 g/mol. The Morgan fingerprint density at radius 3 is 2.69 bits per heavy atom. The molecule has 13 heavy (non-hydrogen) atoms. The standard InChI is InChI=1S/C10H13NO2/c1-7-4-5-9(11-8(7)2)10(12)6-13-3/h4-5H,6H2,1-3H3. The second kappa shape index (κ2) is 4.14. The highest BCUT2D eigenvalue weighted by Gasteiger charge is 2.07. The number of pyridine rings is 1. The summed E-state index contributed by atoms with van der Waals surface area (Å²) in [6.07, 6.45) is 0. The Morgan fingerprint density at radius 1 is 1.46 bits per heavy atom. The second-order valence-electron chi connectivity index (χ2n) is 2.95. The van der Waals surface area contributed by atoms with Gasteiger partial charge in [0.15, 0.2) is 0 Å². The van der Waals surface area contributed by atoms with E-state index in [1.807, 2.05) is 19.9 Å². The number of carbonyl (C=O) groups is 1. The van der Waals surface area contributed by atoms with Crippen molar-refractivity contribution in [2.24, 2.45) is 0 Å². The van der Waals surface area contributed by atoms with Gasteiger partial charge in [-0.3, -0.25) is 4.79 Å². The van der Waals surface area contributed by atoms with Crippen LogP contribution in [-0.2, 0) is 4.74 Å². The second-order valence-corrected chi connectivity index (χ2v) is 2.95. The average molecular weight is 179 g/mol. The summed E-state index contributed by atoms with van der Waals surface area (Å²) >= 11 is 0. The van der Waals surface area contributed by atoms with E-state index in [4.69, 9.17) is 4.74 Å². The van der Waals surface area contributed by atoms with Crippen LogP contribution in [0.4, 0.5) is 0 Å². The third-order valence-corrected chi connectivity index (χ3v) is 1.91. The molecule has 0 bridgehead atoms. The van der Waals surface area contributed by atoms with Gasteiger partial charge in [-0.2, -0.15) is 0 Å². The largest absolute Gasteiger partial charge is 0.376 e. The van der Waals surface area contributed by atoms with Gasteiger partial charge in [0.25, 0.3) is 0 Å². The van der Waals surface area contributed by atoms with Crippen molar-refractivity contribution >= 4 is 5.78 Å².